The molecule has 1 rings (SSSR count). The second-order valence-electron chi connectivity index (χ2n) is 4.24. The minimum atomic E-state index is -0.159. The number of hydrogen-bond acceptors (Lipinski definition) is 4. The zero-order valence-corrected chi connectivity index (χ0v) is 10.7. The van der Waals surface area contributed by atoms with Crippen molar-refractivity contribution in [3.63, 3.8) is 0 Å². The number of hydrogen-bond donors (Lipinski definition) is 1. The Bertz CT molecular complexity index is 217. The van der Waals surface area contributed by atoms with Crippen molar-refractivity contribution in [2.45, 2.75) is 45.2 Å². The van der Waals surface area contributed by atoms with Crippen LogP contribution in [0.25, 0.3) is 0 Å². The van der Waals surface area contributed by atoms with Gasteiger partial charge in [0.1, 0.15) is 6.04 Å². The van der Waals surface area contributed by atoms with E-state index in [0.29, 0.717) is 6.61 Å². The number of likely N-dealkylation sites (N-methyl/N-ethyl adjacent to an activating group) is 1. The van der Waals surface area contributed by atoms with Crippen molar-refractivity contribution in [2.24, 2.45) is 0 Å². The number of ether oxygens (including phenoxy) is 1. The van der Waals surface area contributed by atoms with E-state index in [4.69, 9.17) is 4.74 Å². The molecule has 1 fully saturated rings. The van der Waals surface area contributed by atoms with Crippen LogP contribution in [0.1, 0.15) is 33.1 Å². The van der Waals surface area contributed by atoms with Crippen LogP contribution in [0.3, 0.4) is 0 Å². The molecule has 0 spiro atoms. The Hall–Kier alpha value is -0.610. The van der Waals surface area contributed by atoms with E-state index in [-0.39, 0.29) is 12.0 Å². The molecule has 4 nitrogen and oxygen atoms in total. The van der Waals surface area contributed by atoms with E-state index in [1.807, 2.05) is 14.0 Å². The Morgan fingerprint density at radius 1 is 1.50 bits per heavy atom. The molecule has 0 aliphatic heterocycles. The van der Waals surface area contributed by atoms with Crippen molar-refractivity contribution in [3.8, 4) is 0 Å². The zero-order valence-electron chi connectivity index (χ0n) is 10.7. The molecular formula is C12H24N2O2. The maximum atomic E-state index is 11.6. The van der Waals surface area contributed by atoms with Crippen molar-refractivity contribution < 1.29 is 9.53 Å². The highest BCUT2D eigenvalue weighted by Gasteiger charge is 2.28. The van der Waals surface area contributed by atoms with Crippen LogP contribution in [-0.4, -0.2) is 49.7 Å². The topological polar surface area (TPSA) is 41.6 Å². The molecule has 0 aromatic carbocycles. The largest absolute Gasteiger partial charge is 0.465 e. The van der Waals surface area contributed by atoms with Crippen molar-refractivity contribution in [3.05, 3.63) is 0 Å². The van der Waals surface area contributed by atoms with Crippen LogP contribution in [0.2, 0.25) is 0 Å². The van der Waals surface area contributed by atoms with Gasteiger partial charge in [-0.2, -0.15) is 0 Å². The van der Waals surface area contributed by atoms with Gasteiger partial charge >= 0.3 is 5.97 Å². The van der Waals surface area contributed by atoms with Crippen LogP contribution in [0.5, 0.6) is 0 Å². The van der Waals surface area contributed by atoms with E-state index in [0.717, 1.165) is 25.6 Å². The summed E-state index contributed by atoms with van der Waals surface area (Å²) in [6.07, 6.45) is 3.47. The van der Waals surface area contributed by atoms with Gasteiger partial charge in [-0.1, -0.05) is 6.92 Å². The molecule has 0 bridgehead atoms. The predicted molar refractivity (Wildman–Crippen MR) is 64.4 cm³/mol. The lowest BCUT2D eigenvalue weighted by atomic mass is 10.2. The summed E-state index contributed by atoms with van der Waals surface area (Å²) in [6, 6.07) is 0.609. The third-order valence-corrected chi connectivity index (χ3v) is 3.09. The Kier molecular flexibility index (Phi) is 5.77. The number of carbonyl (C=O) groups is 1. The van der Waals surface area contributed by atoms with E-state index in [1.165, 1.54) is 12.8 Å². The SMILES string of the molecule is CCOC(=O)C(CCN(CC)C1CC1)NC. The van der Waals surface area contributed by atoms with Gasteiger partial charge in [0.15, 0.2) is 0 Å². The molecule has 0 saturated heterocycles. The molecule has 1 aliphatic rings. The number of nitrogens with one attached hydrogen (secondary N) is 1. The lowest BCUT2D eigenvalue weighted by molar-refractivity contribution is -0.145. The van der Waals surface area contributed by atoms with E-state index >= 15 is 0 Å². The number of esters is 1. The highest BCUT2D eigenvalue weighted by molar-refractivity contribution is 5.75. The third kappa shape index (κ3) is 4.10. The molecule has 1 N–H and O–H groups in total. The van der Waals surface area contributed by atoms with Crippen LogP contribution in [-0.2, 0) is 9.53 Å². The second-order valence-corrected chi connectivity index (χ2v) is 4.24. The average molecular weight is 228 g/mol. The molecule has 1 unspecified atom stereocenters. The van der Waals surface area contributed by atoms with Gasteiger partial charge < -0.3 is 15.0 Å². The minimum absolute atomic E-state index is 0.128. The summed E-state index contributed by atoms with van der Waals surface area (Å²) < 4.78 is 5.02. The van der Waals surface area contributed by atoms with Crippen LogP contribution in [0.4, 0.5) is 0 Å². The van der Waals surface area contributed by atoms with Crippen LogP contribution < -0.4 is 5.32 Å². The van der Waals surface area contributed by atoms with Crippen LogP contribution in [0, 0.1) is 0 Å². The fourth-order valence-electron chi connectivity index (χ4n) is 1.96. The summed E-state index contributed by atoms with van der Waals surface area (Å²) in [6.45, 7) is 6.52. The Morgan fingerprint density at radius 2 is 2.19 bits per heavy atom. The first-order chi connectivity index (χ1) is 7.72. The standard InChI is InChI=1S/C12H24N2O2/c1-4-14(10-6-7-10)9-8-11(13-3)12(15)16-5-2/h10-11,13H,4-9H2,1-3H3. The first-order valence-electron chi connectivity index (χ1n) is 6.30. The molecule has 0 aromatic heterocycles. The highest BCUT2D eigenvalue weighted by atomic mass is 16.5. The molecule has 16 heavy (non-hydrogen) atoms. The van der Waals surface area contributed by atoms with E-state index in [2.05, 4.69) is 17.1 Å². The fourth-order valence-corrected chi connectivity index (χ4v) is 1.96. The first kappa shape index (κ1) is 13.5. The summed E-state index contributed by atoms with van der Waals surface area (Å²) in [5, 5.41) is 3.02. The molecule has 0 aromatic rings. The Labute approximate surface area is 98.3 Å². The molecule has 0 heterocycles. The molecule has 1 saturated carbocycles. The quantitative estimate of drug-likeness (QED) is 0.630. The summed E-state index contributed by atoms with van der Waals surface area (Å²) in [5.74, 6) is -0.128. The van der Waals surface area contributed by atoms with Gasteiger partial charge in [-0.3, -0.25) is 4.79 Å². The number of nitrogens with zero attached hydrogens (tertiary/aromatic N) is 1. The molecule has 0 amide bonds. The number of rotatable bonds is 8. The molecule has 0 radical (unpaired) electrons. The lowest BCUT2D eigenvalue weighted by Gasteiger charge is -2.22. The lowest BCUT2D eigenvalue weighted by Crippen LogP contribution is -2.39. The van der Waals surface area contributed by atoms with Gasteiger partial charge in [-0.25, -0.2) is 0 Å². The molecule has 4 heteroatoms. The number of carbonyl (C=O) groups excluding carboxylic acids is 1. The van der Waals surface area contributed by atoms with E-state index < -0.39 is 0 Å². The van der Waals surface area contributed by atoms with Gasteiger partial charge in [0.05, 0.1) is 6.61 Å². The van der Waals surface area contributed by atoms with Crippen molar-refractivity contribution in [2.75, 3.05) is 26.7 Å². The molecule has 1 atom stereocenters. The average Bonchev–Trinajstić information content (AvgIpc) is 3.09. The fraction of sp³-hybridized carbons (Fsp3) is 0.917. The third-order valence-electron chi connectivity index (χ3n) is 3.09. The zero-order chi connectivity index (χ0) is 12.0. The van der Waals surface area contributed by atoms with Crippen molar-refractivity contribution in [1.82, 2.24) is 10.2 Å². The van der Waals surface area contributed by atoms with Gasteiger partial charge in [-0.15, -0.1) is 0 Å². The summed E-state index contributed by atoms with van der Waals surface area (Å²) in [5.41, 5.74) is 0. The second kappa shape index (κ2) is 6.86. The smallest absolute Gasteiger partial charge is 0.323 e. The Balaban J connectivity index is 2.28. The molecule has 1 aliphatic carbocycles. The van der Waals surface area contributed by atoms with E-state index in [1.54, 1.807) is 0 Å². The van der Waals surface area contributed by atoms with Crippen LogP contribution >= 0.6 is 0 Å². The summed E-state index contributed by atoms with van der Waals surface area (Å²) in [4.78, 5) is 14.0. The first-order valence-corrected chi connectivity index (χ1v) is 6.30. The normalized spacial score (nSPS) is 17.5. The monoisotopic (exact) mass is 228 g/mol. The summed E-state index contributed by atoms with van der Waals surface area (Å²) >= 11 is 0. The van der Waals surface area contributed by atoms with Crippen LogP contribution in [0.15, 0.2) is 0 Å². The summed E-state index contributed by atoms with van der Waals surface area (Å²) in [7, 11) is 1.81. The predicted octanol–water partition coefficient (Wildman–Crippen LogP) is 1.01. The van der Waals surface area contributed by atoms with E-state index in [9.17, 15) is 4.79 Å². The van der Waals surface area contributed by atoms with Gasteiger partial charge in [0.2, 0.25) is 0 Å². The maximum Gasteiger partial charge on any atom is 0.323 e. The highest BCUT2D eigenvalue weighted by Crippen LogP contribution is 2.26. The van der Waals surface area contributed by atoms with Gasteiger partial charge in [-0.05, 0) is 39.8 Å². The van der Waals surface area contributed by atoms with Gasteiger partial charge in [0, 0.05) is 12.6 Å². The van der Waals surface area contributed by atoms with Crippen molar-refractivity contribution in [1.29, 1.82) is 0 Å². The van der Waals surface area contributed by atoms with Crippen molar-refractivity contribution >= 4 is 5.97 Å². The maximum absolute atomic E-state index is 11.6. The van der Waals surface area contributed by atoms with Gasteiger partial charge in [0.25, 0.3) is 0 Å². The minimum Gasteiger partial charge on any atom is -0.465 e. The molecule has 94 valence electrons. The Morgan fingerprint density at radius 3 is 2.62 bits per heavy atom. The molecular weight excluding hydrogens is 204 g/mol.